The maximum absolute atomic E-state index is 5.61. The number of furan rings is 1. The van der Waals surface area contributed by atoms with Crippen molar-refractivity contribution in [3.05, 3.63) is 41.6 Å². The largest absolute Gasteiger partial charge is 0.467 e. The Balaban J connectivity index is 0.00000392. The number of aromatic nitrogens is 2. The molecule has 0 amide bonds. The second-order valence-electron chi connectivity index (χ2n) is 6.95. The monoisotopic (exact) mass is 503 g/mol. The highest BCUT2D eigenvalue weighted by Crippen LogP contribution is 2.18. The van der Waals surface area contributed by atoms with Crippen molar-refractivity contribution in [2.24, 2.45) is 12.0 Å². The van der Waals surface area contributed by atoms with Gasteiger partial charge in [0.15, 0.2) is 5.96 Å². The zero-order chi connectivity index (χ0) is 19.6. The molecule has 2 rings (SSSR count). The van der Waals surface area contributed by atoms with Crippen LogP contribution in [-0.2, 0) is 24.9 Å². The summed E-state index contributed by atoms with van der Waals surface area (Å²) in [5, 5.41) is 7.96. The van der Waals surface area contributed by atoms with Gasteiger partial charge in [0.05, 0.1) is 12.0 Å². The fourth-order valence-corrected chi connectivity index (χ4v) is 2.88. The van der Waals surface area contributed by atoms with E-state index < -0.39 is 0 Å². The summed E-state index contributed by atoms with van der Waals surface area (Å²) in [6.45, 7) is 9.93. The van der Waals surface area contributed by atoms with Crippen LogP contribution in [0.25, 0.3) is 0 Å². The van der Waals surface area contributed by atoms with Crippen LogP contribution in [0.3, 0.4) is 0 Å². The first-order valence-electron chi connectivity index (χ1n) is 9.63. The quantitative estimate of drug-likeness (QED) is 0.232. The second-order valence-corrected chi connectivity index (χ2v) is 6.95. The fraction of sp³-hybridized carbons (Fsp3) is 0.600. The van der Waals surface area contributed by atoms with Gasteiger partial charge in [0, 0.05) is 52.1 Å². The predicted octanol–water partition coefficient (Wildman–Crippen LogP) is 3.76. The topological polar surface area (TPSA) is 67.8 Å². The summed E-state index contributed by atoms with van der Waals surface area (Å²) in [6.07, 6.45) is 4.62. The molecular formula is C20H34IN5O2. The van der Waals surface area contributed by atoms with E-state index in [1.54, 1.807) is 6.26 Å². The van der Waals surface area contributed by atoms with E-state index in [2.05, 4.69) is 49.3 Å². The molecule has 0 aliphatic heterocycles. The van der Waals surface area contributed by atoms with Gasteiger partial charge in [-0.15, -0.1) is 24.0 Å². The molecular weight excluding hydrogens is 469 g/mol. The van der Waals surface area contributed by atoms with Crippen LogP contribution in [0.2, 0.25) is 0 Å². The summed E-state index contributed by atoms with van der Waals surface area (Å²) in [6, 6.07) is 3.79. The van der Waals surface area contributed by atoms with Gasteiger partial charge >= 0.3 is 0 Å². The van der Waals surface area contributed by atoms with Gasteiger partial charge in [-0.25, -0.2) is 0 Å². The van der Waals surface area contributed by atoms with E-state index in [4.69, 9.17) is 14.1 Å². The minimum Gasteiger partial charge on any atom is -0.467 e. The zero-order valence-electron chi connectivity index (χ0n) is 17.6. The van der Waals surface area contributed by atoms with Crippen molar-refractivity contribution < 1.29 is 9.15 Å². The fourth-order valence-electron chi connectivity index (χ4n) is 2.88. The normalized spacial score (nSPS) is 11.6. The summed E-state index contributed by atoms with van der Waals surface area (Å²) in [5.41, 5.74) is 2.38. The number of aliphatic imine (C=N–C) groups is 1. The van der Waals surface area contributed by atoms with Crippen LogP contribution in [0, 0.1) is 0 Å². The van der Waals surface area contributed by atoms with Gasteiger partial charge in [0.2, 0.25) is 0 Å². The highest BCUT2D eigenvalue weighted by atomic mass is 127. The van der Waals surface area contributed by atoms with E-state index in [1.807, 2.05) is 23.9 Å². The van der Waals surface area contributed by atoms with Crippen LogP contribution in [0.5, 0.6) is 0 Å². The Morgan fingerprint density at radius 2 is 2.21 bits per heavy atom. The molecule has 2 heterocycles. The minimum absolute atomic E-state index is 0. The van der Waals surface area contributed by atoms with Gasteiger partial charge in [-0.1, -0.05) is 13.8 Å². The lowest BCUT2D eigenvalue weighted by Gasteiger charge is -2.22. The molecule has 8 heteroatoms. The Labute approximate surface area is 185 Å². The lowest BCUT2D eigenvalue weighted by atomic mass is 10.1. The molecule has 0 spiro atoms. The maximum atomic E-state index is 5.61. The number of halogens is 1. The molecule has 0 saturated carbocycles. The van der Waals surface area contributed by atoms with Crippen LogP contribution in [-0.4, -0.2) is 47.4 Å². The van der Waals surface area contributed by atoms with Gasteiger partial charge < -0.3 is 19.4 Å². The minimum atomic E-state index is 0. The summed E-state index contributed by atoms with van der Waals surface area (Å²) in [4.78, 5) is 6.88. The average Bonchev–Trinajstić information content (AvgIpc) is 3.26. The molecule has 158 valence electrons. The SMILES string of the molecule is CCNC(=NCCCOCc1ccco1)N(C)Cc1cn(C)nc1C(C)C.I. The molecule has 0 radical (unpaired) electrons. The number of guanidine groups is 1. The van der Waals surface area contributed by atoms with E-state index in [9.17, 15) is 0 Å². The summed E-state index contributed by atoms with van der Waals surface area (Å²) in [7, 11) is 4.03. The molecule has 0 bridgehead atoms. The van der Waals surface area contributed by atoms with E-state index >= 15 is 0 Å². The van der Waals surface area contributed by atoms with Gasteiger partial charge in [0.1, 0.15) is 12.4 Å². The van der Waals surface area contributed by atoms with Crippen molar-refractivity contribution in [3.63, 3.8) is 0 Å². The van der Waals surface area contributed by atoms with Gasteiger partial charge in [-0.05, 0) is 31.4 Å². The maximum Gasteiger partial charge on any atom is 0.193 e. The number of rotatable bonds is 10. The molecule has 0 fully saturated rings. The number of nitrogens with one attached hydrogen (secondary N) is 1. The van der Waals surface area contributed by atoms with E-state index in [0.29, 0.717) is 19.1 Å². The Hall–Kier alpha value is -1.55. The molecule has 2 aromatic rings. The number of hydrogen-bond acceptors (Lipinski definition) is 4. The van der Waals surface area contributed by atoms with Crippen molar-refractivity contribution in [3.8, 4) is 0 Å². The number of nitrogens with zero attached hydrogens (tertiary/aromatic N) is 4. The standard InChI is InChI=1S/C20H33N5O2.HI/c1-6-21-20(22-10-8-11-26-15-18-9-7-12-27-18)24(4)13-17-14-25(5)23-19(17)16(2)3;/h7,9,12,14,16H,6,8,10-11,13,15H2,1-5H3,(H,21,22);1H. The molecule has 0 aliphatic rings. The smallest absolute Gasteiger partial charge is 0.193 e. The van der Waals surface area contributed by atoms with E-state index in [-0.39, 0.29) is 24.0 Å². The molecule has 0 unspecified atom stereocenters. The first-order chi connectivity index (χ1) is 13.0. The zero-order valence-corrected chi connectivity index (χ0v) is 20.0. The first-order valence-corrected chi connectivity index (χ1v) is 9.63. The van der Waals surface area contributed by atoms with Crippen LogP contribution in [0.1, 0.15) is 50.1 Å². The number of hydrogen-bond donors (Lipinski definition) is 1. The average molecular weight is 503 g/mol. The molecule has 7 nitrogen and oxygen atoms in total. The number of ether oxygens (including phenoxy) is 1. The van der Waals surface area contributed by atoms with Crippen molar-refractivity contribution in [2.75, 3.05) is 26.7 Å². The molecule has 0 atom stereocenters. The van der Waals surface area contributed by atoms with Crippen LogP contribution in [0.15, 0.2) is 34.0 Å². The van der Waals surface area contributed by atoms with Crippen molar-refractivity contribution in [1.29, 1.82) is 0 Å². The van der Waals surface area contributed by atoms with Crippen molar-refractivity contribution >= 4 is 29.9 Å². The Kier molecular flexibility index (Phi) is 11.2. The van der Waals surface area contributed by atoms with E-state index in [1.165, 1.54) is 5.56 Å². The Morgan fingerprint density at radius 1 is 1.43 bits per heavy atom. The predicted molar refractivity (Wildman–Crippen MR) is 123 cm³/mol. The van der Waals surface area contributed by atoms with Crippen molar-refractivity contribution in [2.45, 2.75) is 46.3 Å². The molecule has 0 saturated heterocycles. The lowest BCUT2D eigenvalue weighted by Crippen LogP contribution is -2.38. The van der Waals surface area contributed by atoms with E-state index in [0.717, 1.165) is 43.5 Å². The van der Waals surface area contributed by atoms with Crippen LogP contribution < -0.4 is 5.32 Å². The third-order valence-corrected chi connectivity index (χ3v) is 4.12. The first kappa shape index (κ1) is 24.5. The summed E-state index contributed by atoms with van der Waals surface area (Å²) >= 11 is 0. The van der Waals surface area contributed by atoms with Crippen LogP contribution in [0.4, 0.5) is 0 Å². The van der Waals surface area contributed by atoms with Crippen molar-refractivity contribution in [1.82, 2.24) is 20.0 Å². The Morgan fingerprint density at radius 3 is 2.86 bits per heavy atom. The molecule has 28 heavy (non-hydrogen) atoms. The summed E-state index contributed by atoms with van der Waals surface area (Å²) in [5.74, 6) is 2.16. The highest BCUT2D eigenvalue weighted by Gasteiger charge is 2.15. The van der Waals surface area contributed by atoms with Gasteiger partial charge in [-0.3, -0.25) is 9.67 Å². The van der Waals surface area contributed by atoms with Gasteiger partial charge in [0.25, 0.3) is 0 Å². The molecule has 1 N–H and O–H groups in total. The molecule has 0 aromatic carbocycles. The Bertz CT molecular complexity index is 698. The highest BCUT2D eigenvalue weighted by molar-refractivity contribution is 14.0. The molecule has 2 aromatic heterocycles. The summed E-state index contributed by atoms with van der Waals surface area (Å²) < 4.78 is 12.8. The third-order valence-electron chi connectivity index (χ3n) is 4.12. The number of aryl methyl sites for hydroxylation is 1. The molecule has 0 aliphatic carbocycles. The van der Waals surface area contributed by atoms with Crippen LogP contribution >= 0.6 is 24.0 Å². The van der Waals surface area contributed by atoms with Gasteiger partial charge in [-0.2, -0.15) is 5.10 Å². The third kappa shape index (κ3) is 7.83. The second kappa shape index (κ2) is 12.8. The lowest BCUT2D eigenvalue weighted by molar-refractivity contribution is 0.105.